The maximum absolute atomic E-state index is 6.15. The SMILES string of the molecule is NC(Cc1ccc(Cl)cc1Cl)c1cc(Br)cs1. The van der Waals surface area contributed by atoms with Crippen LogP contribution in [0.3, 0.4) is 0 Å². The highest BCUT2D eigenvalue weighted by atomic mass is 79.9. The van der Waals surface area contributed by atoms with Crippen molar-refractivity contribution in [2.24, 2.45) is 5.73 Å². The van der Waals surface area contributed by atoms with Crippen molar-refractivity contribution in [3.05, 3.63) is 54.6 Å². The van der Waals surface area contributed by atoms with E-state index in [1.807, 2.05) is 23.6 Å². The molecule has 1 aromatic carbocycles. The Morgan fingerprint density at radius 2 is 2.06 bits per heavy atom. The van der Waals surface area contributed by atoms with Crippen molar-refractivity contribution in [1.29, 1.82) is 0 Å². The second kappa shape index (κ2) is 5.72. The Morgan fingerprint density at radius 3 is 2.65 bits per heavy atom. The van der Waals surface area contributed by atoms with E-state index in [1.165, 1.54) is 0 Å². The molecular formula is C12H10BrCl2NS. The van der Waals surface area contributed by atoms with Crippen LogP contribution in [0.5, 0.6) is 0 Å². The number of rotatable bonds is 3. The van der Waals surface area contributed by atoms with Crippen molar-refractivity contribution in [2.45, 2.75) is 12.5 Å². The fourth-order valence-electron chi connectivity index (χ4n) is 1.55. The topological polar surface area (TPSA) is 26.0 Å². The smallest absolute Gasteiger partial charge is 0.0453 e. The van der Waals surface area contributed by atoms with E-state index in [1.54, 1.807) is 17.4 Å². The minimum atomic E-state index is -0.0371. The number of hydrogen-bond acceptors (Lipinski definition) is 2. The van der Waals surface area contributed by atoms with Gasteiger partial charge in [0.25, 0.3) is 0 Å². The minimum Gasteiger partial charge on any atom is -0.323 e. The van der Waals surface area contributed by atoms with Gasteiger partial charge in [-0.1, -0.05) is 29.3 Å². The molecular weight excluding hydrogens is 341 g/mol. The van der Waals surface area contributed by atoms with Gasteiger partial charge in [-0.25, -0.2) is 0 Å². The molecule has 1 atom stereocenters. The molecule has 0 radical (unpaired) electrons. The van der Waals surface area contributed by atoms with Gasteiger partial charge in [0.2, 0.25) is 0 Å². The van der Waals surface area contributed by atoms with Gasteiger partial charge in [0, 0.05) is 30.8 Å². The monoisotopic (exact) mass is 349 g/mol. The average Bonchev–Trinajstić information content (AvgIpc) is 2.69. The highest BCUT2D eigenvalue weighted by molar-refractivity contribution is 9.10. The van der Waals surface area contributed by atoms with Crippen LogP contribution in [0.15, 0.2) is 34.1 Å². The first-order valence-electron chi connectivity index (χ1n) is 4.99. The van der Waals surface area contributed by atoms with E-state index in [0.717, 1.165) is 14.9 Å². The molecule has 0 spiro atoms. The summed E-state index contributed by atoms with van der Waals surface area (Å²) >= 11 is 17.0. The number of nitrogens with two attached hydrogens (primary N) is 1. The third-order valence-electron chi connectivity index (χ3n) is 2.41. The third-order valence-corrected chi connectivity index (χ3v) is 4.82. The van der Waals surface area contributed by atoms with E-state index in [4.69, 9.17) is 28.9 Å². The van der Waals surface area contributed by atoms with Crippen molar-refractivity contribution in [1.82, 2.24) is 0 Å². The molecule has 2 rings (SSSR count). The maximum Gasteiger partial charge on any atom is 0.0453 e. The Morgan fingerprint density at radius 1 is 1.29 bits per heavy atom. The van der Waals surface area contributed by atoms with Crippen LogP contribution >= 0.6 is 50.5 Å². The largest absolute Gasteiger partial charge is 0.323 e. The summed E-state index contributed by atoms with van der Waals surface area (Å²) in [5.41, 5.74) is 7.17. The lowest BCUT2D eigenvalue weighted by Gasteiger charge is -2.11. The van der Waals surface area contributed by atoms with Crippen LogP contribution in [0.2, 0.25) is 10.0 Å². The summed E-state index contributed by atoms with van der Waals surface area (Å²) < 4.78 is 1.06. The Bertz CT molecular complexity index is 527. The zero-order valence-electron chi connectivity index (χ0n) is 8.79. The standard InChI is InChI=1S/C12H10BrCl2NS/c13-8-4-12(17-6-8)11(16)3-7-1-2-9(14)5-10(7)15/h1-2,4-6,11H,3,16H2. The molecule has 2 N–H and O–H groups in total. The molecule has 0 aliphatic heterocycles. The fourth-order valence-corrected chi connectivity index (χ4v) is 3.48. The fraction of sp³-hybridized carbons (Fsp3) is 0.167. The highest BCUT2D eigenvalue weighted by Gasteiger charge is 2.11. The second-order valence-corrected chi connectivity index (χ2v) is 6.42. The van der Waals surface area contributed by atoms with Gasteiger partial charge in [-0.2, -0.15) is 0 Å². The summed E-state index contributed by atoms with van der Waals surface area (Å²) in [5.74, 6) is 0. The number of hydrogen-bond donors (Lipinski definition) is 1. The van der Waals surface area contributed by atoms with Gasteiger partial charge in [-0.3, -0.25) is 0 Å². The zero-order chi connectivity index (χ0) is 12.4. The molecule has 2 aromatic rings. The van der Waals surface area contributed by atoms with Gasteiger partial charge in [0.05, 0.1) is 0 Å². The number of thiophene rings is 1. The van der Waals surface area contributed by atoms with Crippen LogP contribution in [0, 0.1) is 0 Å². The quantitative estimate of drug-likeness (QED) is 0.822. The van der Waals surface area contributed by atoms with E-state index in [9.17, 15) is 0 Å². The third kappa shape index (κ3) is 3.46. The molecule has 0 saturated heterocycles. The van der Waals surface area contributed by atoms with Crippen LogP contribution in [-0.4, -0.2) is 0 Å². The van der Waals surface area contributed by atoms with Gasteiger partial charge < -0.3 is 5.73 Å². The summed E-state index contributed by atoms with van der Waals surface area (Å²) in [6.07, 6.45) is 0.711. The first-order valence-corrected chi connectivity index (χ1v) is 7.42. The van der Waals surface area contributed by atoms with E-state index in [-0.39, 0.29) is 6.04 Å². The van der Waals surface area contributed by atoms with E-state index < -0.39 is 0 Å². The summed E-state index contributed by atoms with van der Waals surface area (Å²) in [7, 11) is 0. The summed E-state index contributed by atoms with van der Waals surface area (Å²) in [5, 5.41) is 3.34. The molecule has 0 saturated carbocycles. The van der Waals surface area contributed by atoms with Gasteiger partial charge in [-0.15, -0.1) is 11.3 Å². The second-order valence-electron chi connectivity index (χ2n) is 3.71. The maximum atomic E-state index is 6.15. The molecule has 0 bridgehead atoms. The van der Waals surface area contributed by atoms with Crippen LogP contribution in [0.25, 0.3) is 0 Å². The minimum absolute atomic E-state index is 0.0371. The number of halogens is 3. The van der Waals surface area contributed by atoms with Gasteiger partial charge in [0.1, 0.15) is 0 Å². The molecule has 0 fully saturated rings. The molecule has 0 aliphatic carbocycles. The van der Waals surface area contributed by atoms with Crippen LogP contribution in [-0.2, 0) is 6.42 Å². The van der Waals surface area contributed by atoms with Gasteiger partial charge in [-0.05, 0) is 46.1 Å². The molecule has 0 aliphatic rings. The molecule has 5 heteroatoms. The van der Waals surface area contributed by atoms with Crippen molar-refractivity contribution in [2.75, 3.05) is 0 Å². The predicted octanol–water partition coefficient (Wildman–Crippen LogP) is 5.06. The molecule has 0 amide bonds. The van der Waals surface area contributed by atoms with Gasteiger partial charge in [0.15, 0.2) is 0 Å². The normalized spacial score (nSPS) is 12.7. The molecule has 1 aromatic heterocycles. The van der Waals surface area contributed by atoms with E-state index >= 15 is 0 Å². The highest BCUT2D eigenvalue weighted by Crippen LogP contribution is 2.29. The molecule has 17 heavy (non-hydrogen) atoms. The first kappa shape index (κ1) is 13.4. The van der Waals surface area contributed by atoms with Crippen LogP contribution < -0.4 is 5.73 Å². The van der Waals surface area contributed by atoms with Gasteiger partial charge >= 0.3 is 0 Å². The molecule has 90 valence electrons. The Kier molecular flexibility index (Phi) is 4.50. The van der Waals surface area contributed by atoms with Crippen molar-refractivity contribution >= 4 is 50.5 Å². The summed E-state index contributed by atoms with van der Waals surface area (Å²) in [4.78, 5) is 1.14. The Balaban J connectivity index is 2.15. The Labute approximate surface area is 123 Å². The average molecular weight is 351 g/mol. The molecule has 1 heterocycles. The van der Waals surface area contributed by atoms with Crippen molar-refractivity contribution in [3.63, 3.8) is 0 Å². The lowest BCUT2D eigenvalue weighted by molar-refractivity contribution is 0.736. The van der Waals surface area contributed by atoms with E-state index in [2.05, 4.69) is 15.9 Å². The zero-order valence-corrected chi connectivity index (χ0v) is 12.7. The van der Waals surface area contributed by atoms with Crippen molar-refractivity contribution < 1.29 is 0 Å². The lowest BCUT2D eigenvalue weighted by Crippen LogP contribution is -2.12. The molecule has 1 nitrogen and oxygen atoms in total. The number of benzene rings is 1. The van der Waals surface area contributed by atoms with Crippen LogP contribution in [0.4, 0.5) is 0 Å². The summed E-state index contributed by atoms with van der Waals surface area (Å²) in [6, 6.07) is 7.51. The van der Waals surface area contributed by atoms with Crippen molar-refractivity contribution in [3.8, 4) is 0 Å². The lowest BCUT2D eigenvalue weighted by atomic mass is 10.1. The Hall–Kier alpha value is -0.0600. The predicted molar refractivity (Wildman–Crippen MR) is 79.1 cm³/mol. The van der Waals surface area contributed by atoms with Crippen LogP contribution in [0.1, 0.15) is 16.5 Å². The molecule has 1 unspecified atom stereocenters. The first-order chi connectivity index (χ1) is 8.06. The van der Waals surface area contributed by atoms with E-state index in [0.29, 0.717) is 16.5 Å². The summed E-state index contributed by atoms with van der Waals surface area (Å²) in [6.45, 7) is 0.